The van der Waals surface area contributed by atoms with Crippen LogP contribution in [0.15, 0.2) is 40.8 Å². The van der Waals surface area contributed by atoms with Crippen LogP contribution in [0.2, 0.25) is 0 Å². The molecule has 27 heavy (non-hydrogen) atoms. The largest absolute Gasteiger partial charge is 0.461 e. The van der Waals surface area contributed by atoms with Crippen LogP contribution >= 0.6 is 0 Å². The van der Waals surface area contributed by atoms with Crippen LogP contribution in [0.25, 0.3) is 11.3 Å². The van der Waals surface area contributed by atoms with Gasteiger partial charge in [-0.3, -0.25) is 9.69 Å². The van der Waals surface area contributed by atoms with Crippen LogP contribution in [-0.4, -0.2) is 61.6 Å². The first kappa shape index (κ1) is 18.3. The van der Waals surface area contributed by atoms with Gasteiger partial charge in [0.2, 0.25) is 0 Å². The molecule has 2 aromatic rings. The Hall–Kier alpha value is -2.11. The SMILES string of the molecule is Cc1ccc(-c2cccc(C(=O)N3CCC(CN4CCOCC4)CC3)c2)o1. The monoisotopic (exact) mass is 368 g/mol. The van der Waals surface area contributed by atoms with Crippen LogP contribution in [0.5, 0.6) is 0 Å². The molecule has 144 valence electrons. The fourth-order valence-corrected chi connectivity index (χ4v) is 4.05. The molecule has 0 radical (unpaired) electrons. The number of benzene rings is 1. The molecule has 0 saturated carbocycles. The molecule has 3 heterocycles. The van der Waals surface area contributed by atoms with Gasteiger partial charge in [-0.15, -0.1) is 0 Å². The van der Waals surface area contributed by atoms with Gasteiger partial charge in [-0.25, -0.2) is 0 Å². The molecule has 0 unspecified atom stereocenters. The number of piperidine rings is 1. The number of aryl methyl sites for hydroxylation is 1. The summed E-state index contributed by atoms with van der Waals surface area (Å²) in [5, 5.41) is 0. The third-order valence-electron chi connectivity index (χ3n) is 5.66. The van der Waals surface area contributed by atoms with E-state index in [4.69, 9.17) is 9.15 Å². The first-order valence-electron chi connectivity index (χ1n) is 9.95. The van der Waals surface area contributed by atoms with Crippen LogP contribution < -0.4 is 0 Å². The Morgan fingerprint density at radius 1 is 1.07 bits per heavy atom. The third kappa shape index (κ3) is 4.42. The van der Waals surface area contributed by atoms with Crippen molar-refractivity contribution >= 4 is 5.91 Å². The number of nitrogens with zero attached hydrogens (tertiary/aromatic N) is 2. The van der Waals surface area contributed by atoms with Crippen LogP contribution in [0, 0.1) is 12.8 Å². The van der Waals surface area contributed by atoms with Crippen LogP contribution in [0.3, 0.4) is 0 Å². The van der Waals surface area contributed by atoms with E-state index < -0.39 is 0 Å². The molecule has 5 heteroatoms. The number of rotatable bonds is 4. The van der Waals surface area contributed by atoms with Gasteiger partial charge in [0.25, 0.3) is 5.91 Å². The normalized spacial score (nSPS) is 19.4. The number of ether oxygens (including phenoxy) is 1. The van der Waals surface area contributed by atoms with Gasteiger partial charge < -0.3 is 14.1 Å². The summed E-state index contributed by atoms with van der Waals surface area (Å²) >= 11 is 0. The lowest BCUT2D eigenvalue weighted by atomic mass is 9.95. The van der Waals surface area contributed by atoms with Gasteiger partial charge in [-0.05, 0) is 49.9 Å². The number of likely N-dealkylation sites (tertiary alicyclic amines) is 1. The summed E-state index contributed by atoms with van der Waals surface area (Å²) in [5.74, 6) is 2.50. The Balaban J connectivity index is 1.35. The second-order valence-corrected chi connectivity index (χ2v) is 7.64. The highest BCUT2D eigenvalue weighted by Crippen LogP contribution is 2.25. The van der Waals surface area contributed by atoms with E-state index in [0.717, 1.165) is 81.4 Å². The minimum Gasteiger partial charge on any atom is -0.461 e. The Labute approximate surface area is 160 Å². The van der Waals surface area contributed by atoms with Crippen molar-refractivity contribution in [3.05, 3.63) is 47.7 Å². The number of amides is 1. The van der Waals surface area contributed by atoms with Crippen molar-refractivity contribution in [3.63, 3.8) is 0 Å². The lowest BCUT2D eigenvalue weighted by Crippen LogP contribution is -2.44. The maximum absolute atomic E-state index is 13.0. The van der Waals surface area contributed by atoms with Gasteiger partial charge in [-0.1, -0.05) is 12.1 Å². The molecule has 0 aliphatic carbocycles. The minimum absolute atomic E-state index is 0.130. The van der Waals surface area contributed by atoms with E-state index >= 15 is 0 Å². The molecule has 2 aliphatic rings. The zero-order chi connectivity index (χ0) is 18.6. The van der Waals surface area contributed by atoms with Crippen molar-refractivity contribution in [1.29, 1.82) is 0 Å². The quantitative estimate of drug-likeness (QED) is 0.829. The number of morpholine rings is 1. The Kier molecular flexibility index (Phi) is 5.60. The van der Waals surface area contributed by atoms with Crippen molar-refractivity contribution in [2.24, 2.45) is 5.92 Å². The first-order chi connectivity index (χ1) is 13.2. The maximum atomic E-state index is 13.0. The lowest BCUT2D eigenvalue weighted by Gasteiger charge is -2.36. The van der Waals surface area contributed by atoms with Gasteiger partial charge >= 0.3 is 0 Å². The minimum atomic E-state index is 0.130. The van der Waals surface area contributed by atoms with E-state index in [0.29, 0.717) is 5.92 Å². The van der Waals surface area contributed by atoms with E-state index in [1.807, 2.05) is 48.2 Å². The van der Waals surface area contributed by atoms with Crippen molar-refractivity contribution in [2.75, 3.05) is 45.9 Å². The summed E-state index contributed by atoms with van der Waals surface area (Å²) in [4.78, 5) is 17.5. The lowest BCUT2D eigenvalue weighted by molar-refractivity contribution is 0.0243. The molecule has 1 aromatic carbocycles. The van der Waals surface area contributed by atoms with Crippen LogP contribution in [0.4, 0.5) is 0 Å². The molecular weight excluding hydrogens is 340 g/mol. The molecule has 0 atom stereocenters. The molecule has 5 nitrogen and oxygen atoms in total. The number of hydrogen-bond acceptors (Lipinski definition) is 4. The summed E-state index contributed by atoms with van der Waals surface area (Å²) in [6, 6.07) is 11.7. The van der Waals surface area contributed by atoms with Crippen LogP contribution in [0.1, 0.15) is 29.0 Å². The van der Waals surface area contributed by atoms with Crippen molar-refractivity contribution in [1.82, 2.24) is 9.80 Å². The van der Waals surface area contributed by atoms with E-state index in [2.05, 4.69) is 4.90 Å². The van der Waals surface area contributed by atoms with Gasteiger partial charge in [0.1, 0.15) is 11.5 Å². The standard InChI is InChI=1S/C22H28N2O3/c1-17-5-6-21(27-17)19-3-2-4-20(15-19)22(25)24-9-7-18(8-10-24)16-23-11-13-26-14-12-23/h2-6,15,18H,7-14,16H2,1H3. The van der Waals surface area contributed by atoms with E-state index in [1.54, 1.807) is 0 Å². The van der Waals surface area contributed by atoms with Gasteiger partial charge in [0.15, 0.2) is 0 Å². The smallest absolute Gasteiger partial charge is 0.253 e. The van der Waals surface area contributed by atoms with Crippen molar-refractivity contribution in [3.8, 4) is 11.3 Å². The number of hydrogen-bond donors (Lipinski definition) is 0. The summed E-state index contributed by atoms with van der Waals surface area (Å²) in [5.41, 5.74) is 1.70. The molecule has 1 amide bonds. The summed E-state index contributed by atoms with van der Waals surface area (Å²) in [6.45, 7) is 8.54. The zero-order valence-electron chi connectivity index (χ0n) is 16.0. The zero-order valence-corrected chi connectivity index (χ0v) is 16.0. The highest BCUT2D eigenvalue weighted by atomic mass is 16.5. The van der Waals surface area contributed by atoms with E-state index in [1.165, 1.54) is 0 Å². The van der Waals surface area contributed by atoms with Gasteiger partial charge in [-0.2, -0.15) is 0 Å². The van der Waals surface area contributed by atoms with Crippen LogP contribution in [-0.2, 0) is 4.74 Å². The highest BCUT2D eigenvalue weighted by Gasteiger charge is 2.25. The summed E-state index contributed by atoms with van der Waals surface area (Å²) < 4.78 is 11.1. The topological polar surface area (TPSA) is 45.9 Å². The second-order valence-electron chi connectivity index (χ2n) is 7.64. The molecule has 2 aliphatic heterocycles. The molecule has 1 aromatic heterocycles. The maximum Gasteiger partial charge on any atom is 0.253 e. The Morgan fingerprint density at radius 2 is 1.85 bits per heavy atom. The van der Waals surface area contributed by atoms with E-state index in [-0.39, 0.29) is 5.91 Å². The predicted octanol–water partition coefficient (Wildman–Crippen LogP) is 3.44. The fraction of sp³-hybridized carbons (Fsp3) is 0.500. The van der Waals surface area contributed by atoms with Crippen molar-refractivity contribution in [2.45, 2.75) is 19.8 Å². The summed E-state index contributed by atoms with van der Waals surface area (Å²) in [7, 11) is 0. The predicted molar refractivity (Wildman–Crippen MR) is 105 cm³/mol. The van der Waals surface area contributed by atoms with Gasteiger partial charge in [0, 0.05) is 43.9 Å². The van der Waals surface area contributed by atoms with E-state index in [9.17, 15) is 4.79 Å². The molecular formula is C22H28N2O3. The number of carbonyl (C=O) groups is 1. The number of carbonyl (C=O) groups excluding carboxylic acids is 1. The molecule has 0 bridgehead atoms. The molecule has 2 saturated heterocycles. The Bertz CT molecular complexity index is 771. The molecule has 0 spiro atoms. The fourth-order valence-electron chi connectivity index (χ4n) is 4.05. The van der Waals surface area contributed by atoms with Gasteiger partial charge in [0.05, 0.1) is 13.2 Å². The molecule has 0 N–H and O–H groups in total. The second kappa shape index (κ2) is 8.28. The number of furan rings is 1. The average Bonchev–Trinajstić information content (AvgIpc) is 3.15. The summed E-state index contributed by atoms with van der Waals surface area (Å²) in [6.07, 6.45) is 2.17. The first-order valence-corrected chi connectivity index (χ1v) is 9.95. The van der Waals surface area contributed by atoms with Crippen molar-refractivity contribution < 1.29 is 13.9 Å². The average molecular weight is 368 g/mol. The molecule has 2 fully saturated rings. The highest BCUT2D eigenvalue weighted by molar-refractivity contribution is 5.95. The molecule has 4 rings (SSSR count). The third-order valence-corrected chi connectivity index (χ3v) is 5.66. The Morgan fingerprint density at radius 3 is 2.56 bits per heavy atom.